The van der Waals surface area contributed by atoms with Crippen LogP contribution in [0, 0.1) is 13.8 Å². The van der Waals surface area contributed by atoms with Crippen LogP contribution in [0.3, 0.4) is 0 Å². The number of hydrogen-bond acceptors (Lipinski definition) is 3. The number of pyridine rings is 1. The average molecular weight is 413 g/mol. The maximum absolute atomic E-state index is 13.1. The second kappa shape index (κ2) is 7.63. The van der Waals surface area contributed by atoms with Crippen LogP contribution in [0.15, 0.2) is 48.5 Å². The molecule has 2 heterocycles. The van der Waals surface area contributed by atoms with Crippen LogP contribution in [0.2, 0.25) is 0 Å². The minimum atomic E-state index is -4.37. The van der Waals surface area contributed by atoms with E-state index in [1.165, 1.54) is 6.07 Å². The lowest BCUT2D eigenvalue weighted by Gasteiger charge is -2.36. The van der Waals surface area contributed by atoms with Gasteiger partial charge in [0.2, 0.25) is 0 Å². The Morgan fingerprint density at radius 2 is 1.70 bits per heavy atom. The Morgan fingerprint density at radius 3 is 2.40 bits per heavy atom. The standard InChI is InChI=1S/C23H22F3N3O/c1-15-6-7-17-13-20(16(2)27-21(17)12-15)22(30)29-10-8-28(9-11-29)19-5-3-4-18(14-19)23(24,25)26/h3-7,12-14H,8-11H2,1-2H3. The summed E-state index contributed by atoms with van der Waals surface area (Å²) < 4.78 is 39.0. The summed E-state index contributed by atoms with van der Waals surface area (Å²) in [5, 5.41) is 0.914. The zero-order valence-corrected chi connectivity index (χ0v) is 16.8. The molecule has 2 aromatic carbocycles. The van der Waals surface area contributed by atoms with Crippen molar-refractivity contribution < 1.29 is 18.0 Å². The van der Waals surface area contributed by atoms with Gasteiger partial charge < -0.3 is 9.80 Å². The molecule has 3 aromatic rings. The highest BCUT2D eigenvalue weighted by Gasteiger charge is 2.31. The number of carbonyl (C=O) groups excluding carboxylic acids is 1. The first-order valence-electron chi connectivity index (χ1n) is 9.82. The molecule has 1 amide bonds. The van der Waals surface area contributed by atoms with Gasteiger partial charge in [-0.25, -0.2) is 0 Å². The molecule has 156 valence electrons. The number of nitrogens with zero attached hydrogens (tertiary/aromatic N) is 3. The highest BCUT2D eigenvalue weighted by molar-refractivity contribution is 5.98. The van der Waals surface area contributed by atoms with E-state index in [0.717, 1.165) is 28.6 Å². The molecule has 0 unspecified atom stereocenters. The first-order chi connectivity index (χ1) is 14.2. The summed E-state index contributed by atoms with van der Waals surface area (Å²) in [5.74, 6) is -0.0915. The Labute approximate surface area is 172 Å². The third kappa shape index (κ3) is 3.97. The molecule has 4 nitrogen and oxygen atoms in total. The summed E-state index contributed by atoms with van der Waals surface area (Å²) in [7, 11) is 0. The molecular formula is C23H22F3N3O. The molecule has 0 atom stereocenters. The summed E-state index contributed by atoms with van der Waals surface area (Å²) in [6, 6.07) is 13.1. The van der Waals surface area contributed by atoms with Gasteiger partial charge in [-0.2, -0.15) is 13.2 Å². The van der Waals surface area contributed by atoms with Crippen molar-refractivity contribution in [3.05, 3.63) is 70.9 Å². The number of rotatable bonds is 2. The number of fused-ring (bicyclic) bond motifs is 1. The van der Waals surface area contributed by atoms with E-state index in [0.29, 0.717) is 43.1 Å². The van der Waals surface area contributed by atoms with Crippen LogP contribution in [-0.2, 0) is 6.18 Å². The number of benzene rings is 2. The van der Waals surface area contributed by atoms with Gasteiger partial charge in [-0.05, 0) is 49.7 Å². The first-order valence-corrected chi connectivity index (χ1v) is 9.82. The number of halogens is 3. The lowest BCUT2D eigenvalue weighted by atomic mass is 10.1. The lowest BCUT2D eigenvalue weighted by molar-refractivity contribution is -0.137. The smallest absolute Gasteiger partial charge is 0.368 e. The van der Waals surface area contributed by atoms with Crippen LogP contribution in [0.25, 0.3) is 10.9 Å². The maximum Gasteiger partial charge on any atom is 0.416 e. The molecule has 1 fully saturated rings. The van der Waals surface area contributed by atoms with Crippen molar-refractivity contribution >= 4 is 22.5 Å². The second-order valence-corrected chi connectivity index (χ2v) is 7.64. The van der Waals surface area contributed by atoms with Gasteiger partial charge in [-0.15, -0.1) is 0 Å². The Bertz CT molecular complexity index is 1100. The van der Waals surface area contributed by atoms with Gasteiger partial charge in [-0.3, -0.25) is 9.78 Å². The Morgan fingerprint density at radius 1 is 0.967 bits per heavy atom. The number of anilines is 1. The van der Waals surface area contributed by atoms with Crippen molar-refractivity contribution in [1.82, 2.24) is 9.88 Å². The lowest BCUT2D eigenvalue weighted by Crippen LogP contribution is -2.49. The Hall–Kier alpha value is -3.09. The average Bonchev–Trinajstić information content (AvgIpc) is 2.72. The van der Waals surface area contributed by atoms with Crippen molar-refractivity contribution in [2.24, 2.45) is 0 Å². The molecule has 0 saturated carbocycles. The second-order valence-electron chi connectivity index (χ2n) is 7.64. The first kappa shape index (κ1) is 20.2. The predicted molar refractivity (Wildman–Crippen MR) is 111 cm³/mol. The molecule has 0 N–H and O–H groups in total. The molecule has 4 rings (SSSR count). The highest BCUT2D eigenvalue weighted by Crippen LogP contribution is 2.32. The topological polar surface area (TPSA) is 36.4 Å². The highest BCUT2D eigenvalue weighted by atomic mass is 19.4. The van der Waals surface area contributed by atoms with E-state index < -0.39 is 11.7 Å². The van der Waals surface area contributed by atoms with Crippen LogP contribution in [0.1, 0.15) is 27.2 Å². The van der Waals surface area contributed by atoms with E-state index in [4.69, 9.17) is 0 Å². The van der Waals surface area contributed by atoms with Gasteiger partial charge in [-0.1, -0.05) is 18.2 Å². The third-order valence-electron chi connectivity index (χ3n) is 5.50. The fraction of sp³-hybridized carbons (Fsp3) is 0.304. The van der Waals surface area contributed by atoms with Crippen LogP contribution in [0.5, 0.6) is 0 Å². The third-order valence-corrected chi connectivity index (χ3v) is 5.50. The fourth-order valence-electron chi connectivity index (χ4n) is 3.81. The Balaban J connectivity index is 1.49. The zero-order chi connectivity index (χ0) is 21.5. The van der Waals surface area contributed by atoms with Crippen molar-refractivity contribution in [3.63, 3.8) is 0 Å². The zero-order valence-electron chi connectivity index (χ0n) is 16.8. The van der Waals surface area contributed by atoms with Crippen molar-refractivity contribution in [1.29, 1.82) is 0 Å². The number of alkyl halides is 3. The van der Waals surface area contributed by atoms with Crippen LogP contribution < -0.4 is 4.90 Å². The summed E-state index contributed by atoms with van der Waals surface area (Å²) >= 11 is 0. The van der Waals surface area contributed by atoms with Crippen LogP contribution in [0.4, 0.5) is 18.9 Å². The molecule has 1 aromatic heterocycles. The van der Waals surface area contributed by atoms with Gasteiger partial charge in [0.25, 0.3) is 5.91 Å². The molecule has 0 radical (unpaired) electrons. The molecule has 0 spiro atoms. The molecule has 0 bridgehead atoms. The number of piperazine rings is 1. The number of hydrogen-bond donors (Lipinski definition) is 0. The predicted octanol–water partition coefficient (Wildman–Crippen LogP) is 4.83. The normalized spacial score (nSPS) is 15.0. The minimum absolute atomic E-state index is 0.0915. The molecule has 0 aliphatic carbocycles. The molecular weight excluding hydrogens is 391 g/mol. The largest absolute Gasteiger partial charge is 0.416 e. The number of amides is 1. The molecule has 30 heavy (non-hydrogen) atoms. The molecule has 7 heteroatoms. The van der Waals surface area contributed by atoms with E-state index in [2.05, 4.69) is 4.98 Å². The number of aryl methyl sites for hydroxylation is 2. The summed E-state index contributed by atoms with van der Waals surface area (Å²) in [6.45, 7) is 5.67. The van der Waals surface area contributed by atoms with Crippen molar-refractivity contribution in [2.45, 2.75) is 20.0 Å². The summed E-state index contributed by atoms with van der Waals surface area (Å²) in [6.07, 6.45) is -4.37. The van der Waals surface area contributed by atoms with Gasteiger partial charge >= 0.3 is 6.18 Å². The Kier molecular flexibility index (Phi) is 5.13. The fourth-order valence-corrected chi connectivity index (χ4v) is 3.81. The van der Waals surface area contributed by atoms with E-state index in [-0.39, 0.29) is 5.91 Å². The number of aromatic nitrogens is 1. The monoisotopic (exact) mass is 413 g/mol. The van der Waals surface area contributed by atoms with Gasteiger partial charge in [0, 0.05) is 37.3 Å². The maximum atomic E-state index is 13.1. The van der Waals surface area contributed by atoms with Crippen molar-refractivity contribution in [3.8, 4) is 0 Å². The molecule has 1 aliphatic heterocycles. The molecule has 1 saturated heterocycles. The van der Waals surface area contributed by atoms with Gasteiger partial charge in [0.1, 0.15) is 0 Å². The SMILES string of the molecule is Cc1ccc2cc(C(=O)N3CCN(c4cccc(C(F)(F)F)c4)CC3)c(C)nc2c1. The molecule has 1 aliphatic rings. The van der Waals surface area contributed by atoms with Crippen LogP contribution in [-0.4, -0.2) is 42.0 Å². The van der Waals surface area contributed by atoms with E-state index in [9.17, 15) is 18.0 Å². The van der Waals surface area contributed by atoms with E-state index in [1.807, 2.05) is 43.0 Å². The summed E-state index contributed by atoms with van der Waals surface area (Å²) in [5.41, 5.74) is 3.08. The quantitative estimate of drug-likeness (QED) is 0.604. The van der Waals surface area contributed by atoms with Gasteiger partial charge in [0.05, 0.1) is 22.3 Å². The minimum Gasteiger partial charge on any atom is -0.368 e. The number of carbonyl (C=O) groups is 1. The van der Waals surface area contributed by atoms with E-state index in [1.54, 1.807) is 11.0 Å². The van der Waals surface area contributed by atoms with E-state index >= 15 is 0 Å². The van der Waals surface area contributed by atoms with Crippen LogP contribution >= 0.6 is 0 Å². The van der Waals surface area contributed by atoms with Gasteiger partial charge in [0.15, 0.2) is 0 Å². The summed E-state index contributed by atoms with van der Waals surface area (Å²) in [4.78, 5) is 21.3. The van der Waals surface area contributed by atoms with Crippen molar-refractivity contribution in [2.75, 3.05) is 31.1 Å².